The van der Waals surface area contributed by atoms with Gasteiger partial charge in [-0.15, -0.1) is 3.89 Å². The lowest BCUT2D eigenvalue weighted by Crippen LogP contribution is -1.91. The first-order valence-electron chi connectivity index (χ1n) is 2.48. The highest BCUT2D eigenvalue weighted by molar-refractivity contribution is 7.74. The summed E-state index contributed by atoms with van der Waals surface area (Å²) in [5.74, 6) is 0. The van der Waals surface area contributed by atoms with Crippen LogP contribution < -0.4 is 0 Å². The largest absolute Gasteiger partial charge is 0.344 e. The van der Waals surface area contributed by atoms with Crippen LogP contribution in [0, 0.1) is 0 Å². The Bertz CT molecular complexity index is 76.4. The van der Waals surface area contributed by atoms with Gasteiger partial charge in [-0.1, -0.05) is 13.3 Å². The highest BCUT2D eigenvalue weighted by Gasteiger charge is 1.91. The number of hydrogen-bond donors (Lipinski definition) is 0. The minimum Gasteiger partial charge on any atom is -0.265 e. The van der Waals surface area contributed by atoms with Crippen molar-refractivity contribution in [1.82, 2.24) is 0 Å². The second kappa shape index (κ2) is 5.18. The summed E-state index contributed by atoms with van der Waals surface area (Å²) < 4.78 is 24.9. The van der Waals surface area contributed by atoms with Crippen LogP contribution in [0.1, 0.15) is 19.8 Å². The smallest absolute Gasteiger partial charge is 0.265 e. The molecular weight excluding hydrogens is 131 g/mol. The lowest BCUT2D eigenvalue weighted by molar-refractivity contribution is 0.320. The molecule has 0 fully saturated rings. The first-order valence-corrected chi connectivity index (χ1v) is 3.46. The number of rotatable bonds is 4. The van der Waals surface area contributed by atoms with Crippen molar-refractivity contribution in [3.63, 3.8) is 0 Å². The molecule has 0 rings (SSSR count). The van der Waals surface area contributed by atoms with Crippen LogP contribution >= 0.6 is 0 Å². The molecule has 1 unspecified atom stereocenters. The van der Waals surface area contributed by atoms with Gasteiger partial charge in [0.05, 0.1) is 6.61 Å². The maximum absolute atomic E-state index is 11.3. The molecule has 0 radical (unpaired) electrons. The van der Waals surface area contributed by atoms with Crippen LogP contribution in [-0.2, 0) is 15.6 Å². The van der Waals surface area contributed by atoms with Crippen molar-refractivity contribution in [1.29, 1.82) is 0 Å². The fraction of sp³-hybridized carbons (Fsp3) is 1.00. The van der Waals surface area contributed by atoms with Gasteiger partial charge in [-0.05, 0) is 6.42 Å². The summed E-state index contributed by atoms with van der Waals surface area (Å²) in [5, 5.41) is 0. The number of hydrogen-bond acceptors (Lipinski definition) is 2. The fourth-order valence-corrected chi connectivity index (χ4v) is 0.518. The van der Waals surface area contributed by atoms with Gasteiger partial charge < -0.3 is 0 Å². The zero-order valence-electron chi connectivity index (χ0n) is 4.72. The molecule has 8 heavy (non-hydrogen) atoms. The first-order chi connectivity index (χ1) is 3.77. The zero-order valence-corrected chi connectivity index (χ0v) is 5.54. The Kier molecular flexibility index (Phi) is 5.21. The van der Waals surface area contributed by atoms with E-state index in [4.69, 9.17) is 0 Å². The van der Waals surface area contributed by atoms with Gasteiger partial charge in [0, 0.05) is 0 Å². The zero-order chi connectivity index (χ0) is 6.41. The quantitative estimate of drug-likeness (QED) is 0.435. The third-order valence-electron chi connectivity index (χ3n) is 0.674. The minimum atomic E-state index is -2.57. The second-order valence-corrected chi connectivity index (χ2v) is 1.99. The molecule has 0 aromatic rings. The average Bonchev–Trinajstić information content (AvgIpc) is 1.66. The van der Waals surface area contributed by atoms with E-state index in [9.17, 15) is 8.09 Å². The highest BCUT2D eigenvalue weighted by Crippen LogP contribution is 1.91. The normalized spacial score (nSPS) is 13.8. The van der Waals surface area contributed by atoms with Crippen molar-refractivity contribution < 1.29 is 12.3 Å². The number of unbranched alkanes of at least 4 members (excludes halogenated alkanes) is 1. The molecule has 2 nitrogen and oxygen atoms in total. The predicted molar refractivity (Wildman–Crippen MR) is 30.1 cm³/mol. The van der Waals surface area contributed by atoms with E-state index in [2.05, 4.69) is 4.18 Å². The van der Waals surface area contributed by atoms with E-state index < -0.39 is 11.5 Å². The molecule has 0 saturated carbocycles. The molecule has 0 aliphatic rings. The highest BCUT2D eigenvalue weighted by atomic mass is 32.2. The van der Waals surface area contributed by atoms with E-state index in [0.717, 1.165) is 12.8 Å². The van der Waals surface area contributed by atoms with E-state index in [-0.39, 0.29) is 6.61 Å². The predicted octanol–water partition coefficient (Wildman–Crippen LogP) is 1.35. The molecule has 50 valence electrons. The lowest BCUT2D eigenvalue weighted by atomic mass is 10.4. The Morgan fingerprint density at radius 3 is 2.75 bits per heavy atom. The van der Waals surface area contributed by atoms with Crippen LogP contribution in [0.4, 0.5) is 3.89 Å². The van der Waals surface area contributed by atoms with Crippen molar-refractivity contribution in [2.45, 2.75) is 19.8 Å². The molecule has 0 spiro atoms. The summed E-state index contributed by atoms with van der Waals surface area (Å²) in [7, 11) is 0. The van der Waals surface area contributed by atoms with Gasteiger partial charge in [-0.25, -0.2) is 0 Å². The molecule has 4 heteroatoms. The van der Waals surface area contributed by atoms with E-state index in [0.29, 0.717) is 0 Å². The molecule has 0 bridgehead atoms. The van der Waals surface area contributed by atoms with Gasteiger partial charge in [-0.3, -0.25) is 4.18 Å². The third-order valence-corrected chi connectivity index (χ3v) is 1.03. The maximum atomic E-state index is 11.3. The molecule has 0 N–H and O–H groups in total. The van der Waals surface area contributed by atoms with Gasteiger partial charge >= 0.3 is 11.5 Å². The van der Waals surface area contributed by atoms with Gasteiger partial charge in [0.25, 0.3) is 0 Å². The number of halogens is 1. The molecule has 1 atom stereocenters. The molecule has 0 aromatic heterocycles. The standard InChI is InChI=1S/C4H9FO2S/c1-2-3-4-7-8(5)6/h2-4H2,1H3. The van der Waals surface area contributed by atoms with Crippen LogP contribution in [0.2, 0.25) is 0 Å². The van der Waals surface area contributed by atoms with Crippen molar-refractivity contribution in [3.8, 4) is 0 Å². The summed E-state index contributed by atoms with van der Waals surface area (Å²) in [6.07, 6.45) is 1.69. The Labute approximate surface area is 51.0 Å². The summed E-state index contributed by atoms with van der Waals surface area (Å²) >= 11 is -2.57. The molecule has 0 saturated heterocycles. The average molecular weight is 140 g/mol. The van der Waals surface area contributed by atoms with Crippen LogP contribution in [0.5, 0.6) is 0 Å². The minimum absolute atomic E-state index is 0.250. The van der Waals surface area contributed by atoms with E-state index in [1.807, 2.05) is 6.92 Å². The molecule has 0 amide bonds. The van der Waals surface area contributed by atoms with Gasteiger partial charge in [0.1, 0.15) is 0 Å². The van der Waals surface area contributed by atoms with E-state index in [1.165, 1.54) is 0 Å². The Balaban J connectivity index is 2.82. The monoisotopic (exact) mass is 140 g/mol. The molecule has 0 aromatic carbocycles. The molecule has 0 aliphatic heterocycles. The second-order valence-electron chi connectivity index (χ2n) is 1.37. The first kappa shape index (κ1) is 8.04. The maximum Gasteiger partial charge on any atom is 0.344 e. The van der Waals surface area contributed by atoms with E-state index in [1.54, 1.807) is 0 Å². The van der Waals surface area contributed by atoms with Crippen molar-refractivity contribution >= 4 is 11.5 Å². The van der Waals surface area contributed by atoms with Gasteiger partial charge in [0.15, 0.2) is 0 Å². The van der Waals surface area contributed by atoms with Gasteiger partial charge in [0.2, 0.25) is 0 Å². The molecular formula is C4H9FO2S. The van der Waals surface area contributed by atoms with Crippen LogP contribution in [-0.4, -0.2) is 10.8 Å². The van der Waals surface area contributed by atoms with Crippen LogP contribution in [0.25, 0.3) is 0 Å². The summed E-state index contributed by atoms with van der Waals surface area (Å²) in [6, 6.07) is 0. The third kappa shape index (κ3) is 6.04. The Morgan fingerprint density at radius 1 is 1.75 bits per heavy atom. The SMILES string of the molecule is CCCCOS(=O)F. The van der Waals surface area contributed by atoms with Crippen LogP contribution in [0.3, 0.4) is 0 Å². The van der Waals surface area contributed by atoms with E-state index >= 15 is 0 Å². The van der Waals surface area contributed by atoms with Gasteiger partial charge in [-0.2, -0.15) is 4.21 Å². The van der Waals surface area contributed by atoms with Crippen molar-refractivity contribution in [3.05, 3.63) is 0 Å². The fourth-order valence-electron chi connectivity index (χ4n) is 0.269. The van der Waals surface area contributed by atoms with Crippen molar-refractivity contribution in [2.75, 3.05) is 6.61 Å². The van der Waals surface area contributed by atoms with Crippen LogP contribution in [0.15, 0.2) is 0 Å². The Hall–Kier alpha value is 0.0400. The Morgan fingerprint density at radius 2 is 2.38 bits per heavy atom. The summed E-state index contributed by atoms with van der Waals surface area (Å²) in [5.41, 5.74) is 0. The molecule has 0 heterocycles. The molecule has 0 aliphatic carbocycles. The topological polar surface area (TPSA) is 26.3 Å². The van der Waals surface area contributed by atoms with Crippen molar-refractivity contribution in [2.24, 2.45) is 0 Å². The lowest BCUT2D eigenvalue weighted by Gasteiger charge is -1.91. The summed E-state index contributed by atoms with van der Waals surface area (Å²) in [6.45, 7) is 2.20. The summed E-state index contributed by atoms with van der Waals surface area (Å²) in [4.78, 5) is 0.